The molecule has 1 N–H and O–H groups in total. The molecule has 2 aromatic carbocycles. The Kier molecular flexibility index (Phi) is 6.23. The zero-order chi connectivity index (χ0) is 23.5. The van der Waals surface area contributed by atoms with Crippen LogP contribution in [0.2, 0.25) is 5.02 Å². The standard InChI is InChI=1S/C27H24ClN5O/c1-2-18-7-5-9-20(15-18)30-27(34)33-14-12-24-22(17-33)25(21-10-3-4-11-23(21)28)32-26(31-24)19-8-6-13-29-16-19/h3-11,13,15-16H,2,12,14,17H2,1H3,(H,30,34). The van der Waals surface area contributed by atoms with Gasteiger partial charge in [0.05, 0.1) is 17.9 Å². The van der Waals surface area contributed by atoms with Crippen molar-refractivity contribution in [3.8, 4) is 22.6 Å². The molecule has 3 heterocycles. The number of amides is 2. The second-order valence-corrected chi connectivity index (χ2v) is 8.61. The van der Waals surface area contributed by atoms with Gasteiger partial charge in [-0.1, -0.05) is 48.9 Å². The smallest absolute Gasteiger partial charge is 0.320 e. The molecule has 0 bridgehead atoms. The van der Waals surface area contributed by atoms with Crippen LogP contribution in [-0.4, -0.2) is 32.4 Å². The molecule has 0 unspecified atom stereocenters. The maximum Gasteiger partial charge on any atom is 0.322 e. The number of carbonyl (C=O) groups is 1. The van der Waals surface area contributed by atoms with E-state index in [1.54, 1.807) is 17.3 Å². The van der Waals surface area contributed by atoms with Gasteiger partial charge in [0.2, 0.25) is 0 Å². The lowest BCUT2D eigenvalue weighted by molar-refractivity contribution is 0.206. The summed E-state index contributed by atoms with van der Waals surface area (Å²) in [5.41, 5.74) is 6.24. The van der Waals surface area contributed by atoms with Crippen molar-refractivity contribution in [1.29, 1.82) is 0 Å². The van der Waals surface area contributed by atoms with E-state index in [1.165, 1.54) is 5.56 Å². The Morgan fingerprint density at radius 2 is 1.97 bits per heavy atom. The van der Waals surface area contributed by atoms with Gasteiger partial charge in [-0.3, -0.25) is 4.98 Å². The fraction of sp³-hybridized carbons (Fsp3) is 0.185. The molecule has 7 heteroatoms. The van der Waals surface area contributed by atoms with Gasteiger partial charge in [0.15, 0.2) is 5.82 Å². The highest BCUT2D eigenvalue weighted by molar-refractivity contribution is 6.33. The second kappa shape index (κ2) is 9.61. The van der Waals surface area contributed by atoms with Crippen LogP contribution in [0.3, 0.4) is 0 Å². The van der Waals surface area contributed by atoms with E-state index < -0.39 is 0 Å². The molecular formula is C27H24ClN5O. The van der Waals surface area contributed by atoms with Gasteiger partial charge < -0.3 is 10.2 Å². The molecule has 0 atom stereocenters. The number of aryl methyl sites for hydroxylation is 1. The van der Waals surface area contributed by atoms with Crippen LogP contribution in [0.15, 0.2) is 73.1 Å². The molecule has 5 rings (SSSR count). The van der Waals surface area contributed by atoms with E-state index in [0.29, 0.717) is 30.4 Å². The van der Waals surface area contributed by atoms with Crippen LogP contribution < -0.4 is 5.32 Å². The lowest BCUT2D eigenvalue weighted by atomic mass is 9.98. The van der Waals surface area contributed by atoms with Crippen molar-refractivity contribution in [2.24, 2.45) is 0 Å². The minimum Gasteiger partial charge on any atom is -0.320 e. The van der Waals surface area contributed by atoms with Gasteiger partial charge in [0.1, 0.15) is 0 Å². The largest absolute Gasteiger partial charge is 0.322 e. The van der Waals surface area contributed by atoms with Crippen molar-refractivity contribution in [2.75, 3.05) is 11.9 Å². The SMILES string of the molecule is CCc1cccc(NC(=O)N2CCc3nc(-c4cccnc4)nc(-c4ccccc4Cl)c3C2)c1. The van der Waals surface area contributed by atoms with Crippen LogP contribution in [0.4, 0.5) is 10.5 Å². The summed E-state index contributed by atoms with van der Waals surface area (Å²) in [7, 11) is 0. The molecule has 1 aliphatic rings. The molecule has 0 spiro atoms. The number of hydrogen-bond acceptors (Lipinski definition) is 4. The van der Waals surface area contributed by atoms with Crippen LogP contribution in [-0.2, 0) is 19.4 Å². The minimum atomic E-state index is -0.139. The number of anilines is 1. The molecule has 2 amide bonds. The predicted octanol–water partition coefficient (Wildman–Crippen LogP) is 6.01. The van der Waals surface area contributed by atoms with Crippen LogP contribution >= 0.6 is 11.6 Å². The lowest BCUT2D eigenvalue weighted by Gasteiger charge is -2.30. The third-order valence-corrected chi connectivity index (χ3v) is 6.31. The first-order chi connectivity index (χ1) is 16.6. The Morgan fingerprint density at radius 3 is 2.76 bits per heavy atom. The van der Waals surface area contributed by atoms with Crippen molar-refractivity contribution >= 4 is 23.3 Å². The molecule has 4 aromatic rings. The highest BCUT2D eigenvalue weighted by Crippen LogP contribution is 2.34. The fourth-order valence-corrected chi connectivity index (χ4v) is 4.38. The number of rotatable bonds is 4. The van der Waals surface area contributed by atoms with Crippen LogP contribution in [0.1, 0.15) is 23.7 Å². The first-order valence-corrected chi connectivity index (χ1v) is 11.7. The van der Waals surface area contributed by atoms with E-state index in [1.807, 2.05) is 54.6 Å². The summed E-state index contributed by atoms with van der Waals surface area (Å²) in [4.78, 5) is 28.9. The molecule has 0 radical (unpaired) electrons. The summed E-state index contributed by atoms with van der Waals surface area (Å²) >= 11 is 6.57. The summed E-state index contributed by atoms with van der Waals surface area (Å²) in [5, 5.41) is 3.65. The van der Waals surface area contributed by atoms with Gasteiger partial charge in [-0.05, 0) is 42.3 Å². The van der Waals surface area contributed by atoms with Crippen molar-refractivity contribution in [1.82, 2.24) is 19.9 Å². The Hall–Kier alpha value is -3.77. The van der Waals surface area contributed by atoms with Crippen molar-refractivity contribution in [3.63, 3.8) is 0 Å². The first-order valence-electron chi connectivity index (χ1n) is 11.3. The van der Waals surface area contributed by atoms with E-state index in [9.17, 15) is 4.79 Å². The van der Waals surface area contributed by atoms with Gasteiger partial charge in [-0.15, -0.1) is 0 Å². The molecule has 34 heavy (non-hydrogen) atoms. The highest BCUT2D eigenvalue weighted by atomic mass is 35.5. The van der Waals surface area contributed by atoms with E-state index in [0.717, 1.165) is 40.2 Å². The lowest BCUT2D eigenvalue weighted by Crippen LogP contribution is -2.39. The number of fused-ring (bicyclic) bond motifs is 1. The minimum absolute atomic E-state index is 0.139. The number of urea groups is 1. The Bertz CT molecular complexity index is 1340. The number of hydrogen-bond donors (Lipinski definition) is 1. The van der Waals surface area contributed by atoms with Gasteiger partial charge in [-0.25, -0.2) is 14.8 Å². The summed E-state index contributed by atoms with van der Waals surface area (Å²) in [6.45, 7) is 3.07. The normalized spacial score (nSPS) is 12.8. The topological polar surface area (TPSA) is 71.0 Å². The van der Waals surface area contributed by atoms with Gasteiger partial charge >= 0.3 is 6.03 Å². The van der Waals surface area contributed by atoms with Gasteiger partial charge in [-0.2, -0.15) is 0 Å². The van der Waals surface area contributed by atoms with E-state index >= 15 is 0 Å². The van der Waals surface area contributed by atoms with Gasteiger partial charge in [0, 0.05) is 52.8 Å². The molecule has 1 aliphatic heterocycles. The average molecular weight is 470 g/mol. The Balaban J connectivity index is 1.51. The number of nitrogens with zero attached hydrogens (tertiary/aromatic N) is 4. The molecule has 0 saturated heterocycles. The quantitative estimate of drug-likeness (QED) is 0.397. The zero-order valence-electron chi connectivity index (χ0n) is 18.8. The molecule has 0 fully saturated rings. The molecule has 2 aromatic heterocycles. The zero-order valence-corrected chi connectivity index (χ0v) is 19.6. The number of halogens is 1. The second-order valence-electron chi connectivity index (χ2n) is 8.20. The number of benzene rings is 2. The van der Waals surface area contributed by atoms with Crippen molar-refractivity contribution in [3.05, 3.63) is 94.9 Å². The molecule has 170 valence electrons. The maximum atomic E-state index is 13.1. The predicted molar refractivity (Wildman–Crippen MR) is 135 cm³/mol. The molecule has 0 saturated carbocycles. The third-order valence-electron chi connectivity index (χ3n) is 5.98. The van der Waals surface area contributed by atoms with Crippen LogP contribution in [0.5, 0.6) is 0 Å². The Morgan fingerprint density at radius 1 is 1.09 bits per heavy atom. The highest BCUT2D eigenvalue weighted by Gasteiger charge is 2.27. The molecular weight excluding hydrogens is 446 g/mol. The average Bonchev–Trinajstić information content (AvgIpc) is 2.88. The molecule has 0 aliphatic carbocycles. The Labute approximate surface area is 203 Å². The third kappa shape index (κ3) is 4.50. The summed E-state index contributed by atoms with van der Waals surface area (Å²) in [5.74, 6) is 0.607. The van der Waals surface area contributed by atoms with E-state index in [2.05, 4.69) is 23.3 Å². The maximum absolute atomic E-state index is 13.1. The van der Waals surface area contributed by atoms with E-state index in [4.69, 9.17) is 21.6 Å². The summed E-state index contributed by atoms with van der Waals surface area (Å²) < 4.78 is 0. The van der Waals surface area contributed by atoms with Crippen LogP contribution in [0, 0.1) is 0 Å². The van der Waals surface area contributed by atoms with Crippen molar-refractivity contribution < 1.29 is 4.79 Å². The number of pyridine rings is 1. The molecule has 6 nitrogen and oxygen atoms in total. The van der Waals surface area contributed by atoms with Crippen molar-refractivity contribution in [2.45, 2.75) is 26.3 Å². The summed E-state index contributed by atoms with van der Waals surface area (Å²) in [6.07, 6.45) is 5.03. The number of nitrogens with one attached hydrogen (secondary N) is 1. The van der Waals surface area contributed by atoms with E-state index in [-0.39, 0.29) is 6.03 Å². The van der Waals surface area contributed by atoms with Gasteiger partial charge in [0.25, 0.3) is 0 Å². The number of carbonyl (C=O) groups excluding carboxylic acids is 1. The fourth-order valence-electron chi connectivity index (χ4n) is 4.16. The first kappa shape index (κ1) is 22.0. The summed E-state index contributed by atoms with van der Waals surface area (Å²) in [6, 6.07) is 19.2. The monoisotopic (exact) mass is 469 g/mol. The van der Waals surface area contributed by atoms with Crippen LogP contribution in [0.25, 0.3) is 22.6 Å². The number of aromatic nitrogens is 3.